The largest absolute Gasteiger partial charge is 0.459 e. The molecule has 0 N–H and O–H groups in total. The van der Waals surface area contributed by atoms with E-state index in [2.05, 4.69) is 0 Å². The lowest BCUT2D eigenvalue weighted by molar-refractivity contribution is -0.280. The van der Waals surface area contributed by atoms with Gasteiger partial charge in [-0.15, -0.1) is 0 Å². The third kappa shape index (κ3) is 7.61. The fourth-order valence-electron chi connectivity index (χ4n) is 4.31. The number of carbonyl (C=O) groups is 1. The number of ether oxygens (including phenoxy) is 2. The van der Waals surface area contributed by atoms with Crippen LogP contribution in [0.15, 0.2) is 12.2 Å². The van der Waals surface area contributed by atoms with Crippen LogP contribution in [0.2, 0.25) is 0 Å². The summed E-state index contributed by atoms with van der Waals surface area (Å²) >= 11 is 0. The highest BCUT2D eigenvalue weighted by atomic mass is 32.2. The second kappa shape index (κ2) is 11.4. The van der Waals surface area contributed by atoms with Gasteiger partial charge in [0.15, 0.2) is 4.75 Å². The number of unbranched alkanes of at least 4 members (excludes halogenated alkanes) is 1. The van der Waals surface area contributed by atoms with Crippen LogP contribution in [0.5, 0.6) is 0 Å². The first-order valence-corrected chi connectivity index (χ1v) is 13.4. The Hall–Kier alpha value is -1.27. The van der Waals surface area contributed by atoms with E-state index in [0.29, 0.717) is 32.1 Å². The molecular formula is C23H36F5NO5S. The van der Waals surface area contributed by atoms with Gasteiger partial charge in [-0.1, -0.05) is 18.6 Å². The Labute approximate surface area is 204 Å². The number of allylic oxidation sites excluding steroid dienone is 2. The summed E-state index contributed by atoms with van der Waals surface area (Å²) in [5.74, 6) is -5.28. The zero-order chi connectivity index (χ0) is 26.5. The molecule has 2 aliphatic heterocycles. The van der Waals surface area contributed by atoms with Crippen LogP contribution >= 0.6 is 0 Å². The van der Waals surface area contributed by atoms with Gasteiger partial charge >= 0.3 is 18.1 Å². The van der Waals surface area contributed by atoms with E-state index in [1.807, 2.05) is 0 Å². The molecule has 12 heteroatoms. The molecule has 2 aliphatic rings. The average molecular weight is 534 g/mol. The lowest BCUT2D eigenvalue weighted by Gasteiger charge is -2.41. The molecule has 2 rings (SSSR count). The van der Waals surface area contributed by atoms with Gasteiger partial charge in [-0.3, -0.25) is 4.79 Å². The van der Waals surface area contributed by atoms with Crippen molar-refractivity contribution in [2.24, 2.45) is 5.92 Å². The van der Waals surface area contributed by atoms with E-state index < -0.39 is 44.9 Å². The Balaban J connectivity index is 1.89. The molecule has 204 valence electrons. The van der Waals surface area contributed by atoms with Gasteiger partial charge < -0.3 is 9.47 Å². The molecule has 2 heterocycles. The van der Waals surface area contributed by atoms with Crippen molar-refractivity contribution >= 4 is 16.0 Å². The normalized spacial score (nSPS) is 21.4. The number of halogens is 5. The first kappa shape index (κ1) is 30.0. The number of sulfonamides is 1. The molecule has 0 radical (unpaired) electrons. The number of hydrogen-bond acceptors (Lipinski definition) is 5. The van der Waals surface area contributed by atoms with Gasteiger partial charge in [-0.05, 0) is 52.4 Å². The molecule has 0 aromatic rings. The molecule has 0 amide bonds. The molecule has 0 spiro atoms. The van der Waals surface area contributed by atoms with E-state index >= 15 is 0 Å². The van der Waals surface area contributed by atoms with Gasteiger partial charge in [0.2, 0.25) is 10.0 Å². The molecule has 6 nitrogen and oxygen atoms in total. The summed E-state index contributed by atoms with van der Waals surface area (Å²) in [6, 6.07) is 0. The number of piperidine rings is 1. The zero-order valence-electron chi connectivity index (χ0n) is 20.5. The van der Waals surface area contributed by atoms with Crippen LogP contribution in [0, 0.1) is 5.92 Å². The summed E-state index contributed by atoms with van der Waals surface area (Å²) in [5.41, 5.74) is -0.831. The minimum atomic E-state index is -5.56. The Bertz CT molecular complexity index is 837. The molecule has 0 saturated carbocycles. The summed E-state index contributed by atoms with van der Waals surface area (Å²) in [7, 11) is -4.00. The van der Waals surface area contributed by atoms with Crippen LogP contribution in [0.4, 0.5) is 22.0 Å². The SMILES string of the molecule is CC(C)(C)OC(=O)C1(S(=O)(=O)N2CCC(CCC/C=C/CC(F)(F)C(F)(F)F)CC2)CCOCC1. The molecule has 0 atom stereocenters. The second-order valence-corrected chi connectivity index (χ2v) is 12.5. The minimum Gasteiger partial charge on any atom is -0.459 e. The highest BCUT2D eigenvalue weighted by Gasteiger charge is 2.57. The van der Waals surface area contributed by atoms with Crippen LogP contribution < -0.4 is 0 Å². The minimum absolute atomic E-state index is 0.0316. The number of rotatable bonds is 9. The van der Waals surface area contributed by atoms with Crippen LogP contribution in [-0.2, 0) is 24.3 Å². The van der Waals surface area contributed by atoms with Gasteiger partial charge in [0.1, 0.15) is 5.60 Å². The van der Waals surface area contributed by atoms with E-state index in [1.165, 1.54) is 10.4 Å². The van der Waals surface area contributed by atoms with Gasteiger partial charge in [-0.25, -0.2) is 12.7 Å². The molecule has 2 fully saturated rings. The summed E-state index contributed by atoms with van der Waals surface area (Å²) in [6.07, 6.45) is -1.85. The quantitative estimate of drug-likeness (QED) is 0.176. The van der Waals surface area contributed by atoms with Gasteiger partial charge in [-0.2, -0.15) is 22.0 Å². The molecule has 0 aromatic carbocycles. The fourth-order valence-corrected chi connectivity index (χ4v) is 6.43. The average Bonchev–Trinajstić information content (AvgIpc) is 2.75. The first-order chi connectivity index (χ1) is 16.0. The van der Waals surface area contributed by atoms with Gasteiger partial charge in [0, 0.05) is 45.6 Å². The first-order valence-electron chi connectivity index (χ1n) is 11.9. The molecule has 35 heavy (non-hydrogen) atoms. The smallest absolute Gasteiger partial charge is 0.453 e. The summed E-state index contributed by atoms with van der Waals surface area (Å²) < 4.78 is 100.0. The van der Waals surface area contributed by atoms with E-state index in [1.54, 1.807) is 20.8 Å². The highest BCUT2D eigenvalue weighted by Crippen LogP contribution is 2.39. The fraction of sp³-hybridized carbons (Fsp3) is 0.870. The molecular weight excluding hydrogens is 497 g/mol. The predicted molar refractivity (Wildman–Crippen MR) is 120 cm³/mol. The standard InChI is InChI=1S/C23H36F5NO5S/c1-20(2,3)34-19(30)21(12-16-33-17-13-21)35(31,32)29-14-9-18(10-15-29)8-6-4-5-7-11-22(24,25)23(26,27)28/h5,7,18H,4,6,8-17H2,1-3H3/b7-5+. The van der Waals surface area contributed by atoms with E-state index in [0.717, 1.165) is 6.08 Å². The highest BCUT2D eigenvalue weighted by molar-refractivity contribution is 7.91. The van der Waals surface area contributed by atoms with Crippen molar-refractivity contribution in [1.29, 1.82) is 0 Å². The Morgan fingerprint density at radius 3 is 2.14 bits per heavy atom. The summed E-state index contributed by atoms with van der Waals surface area (Å²) in [6.45, 7) is 5.88. The van der Waals surface area contributed by atoms with Crippen LogP contribution in [0.25, 0.3) is 0 Å². The van der Waals surface area contributed by atoms with Crippen LogP contribution in [-0.4, -0.2) is 67.4 Å². The van der Waals surface area contributed by atoms with Crippen molar-refractivity contribution < 1.29 is 44.6 Å². The number of hydrogen-bond donors (Lipinski definition) is 0. The maximum absolute atomic E-state index is 13.6. The molecule has 0 aromatic heterocycles. The number of alkyl halides is 5. The maximum Gasteiger partial charge on any atom is 0.453 e. The van der Waals surface area contributed by atoms with Crippen molar-refractivity contribution in [3.05, 3.63) is 12.2 Å². The second-order valence-electron chi connectivity index (χ2n) is 10.3. The molecule has 0 bridgehead atoms. The van der Waals surface area contributed by atoms with Crippen molar-refractivity contribution in [1.82, 2.24) is 4.31 Å². The third-order valence-corrected chi connectivity index (χ3v) is 9.02. The summed E-state index contributed by atoms with van der Waals surface area (Å²) in [4.78, 5) is 13.0. The van der Waals surface area contributed by atoms with Gasteiger partial charge in [0.05, 0.1) is 0 Å². The monoisotopic (exact) mass is 533 g/mol. The molecule has 2 saturated heterocycles. The lowest BCUT2D eigenvalue weighted by Crippen LogP contribution is -2.59. The number of esters is 1. The zero-order valence-corrected chi connectivity index (χ0v) is 21.3. The van der Waals surface area contributed by atoms with Crippen molar-refractivity contribution in [2.45, 2.75) is 94.6 Å². The number of nitrogens with zero attached hydrogens (tertiary/aromatic N) is 1. The van der Waals surface area contributed by atoms with E-state index in [9.17, 15) is 35.2 Å². The Kier molecular flexibility index (Phi) is 9.77. The topological polar surface area (TPSA) is 72.9 Å². The van der Waals surface area contributed by atoms with E-state index in [-0.39, 0.29) is 45.1 Å². The van der Waals surface area contributed by atoms with Crippen LogP contribution in [0.1, 0.15) is 72.1 Å². The van der Waals surface area contributed by atoms with Crippen molar-refractivity contribution in [2.75, 3.05) is 26.3 Å². The molecule has 0 unspecified atom stereocenters. The van der Waals surface area contributed by atoms with Crippen molar-refractivity contribution in [3.8, 4) is 0 Å². The Morgan fingerprint density at radius 2 is 1.63 bits per heavy atom. The Morgan fingerprint density at radius 1 is 1.06 bits per heavy atom. The van der Waals surface area contributed by atoms with E-state index in [4.69, 9.17) is 9.47 Å². The number of carbonyl (C=O) groups excluding carboxylic acids is 1. The van der Waals surface area contributed by atoms with Crippen LogP contribution in [0.3, 0.4) is 0 Å². The third-order valence-electron chi connectivity index (χ3n) is 6.42. The molecule has 0 aliphatic carbocycles. The van der Waals surface area contributed by atoms with Gasteiger partial charge in [0.25, 0.3) is 0 Å². The lowest BCUT2D eigenvalue weighted by atomic mass is 9.92. The summed E-state index contributed by atoms with van der Waals surface area (Å²) in [5, 5.41) is 0. The predicted octanol–water partition coefficient (Wildman–Crippen LogP) is 5.23. The maximum atomic E-state index is 13.6. The van der Waals surface area contributed by atoms with Crippen molar-refractivity contribution in [3.63, 3.8) is 0 Å².